The summed E-state index contributed by atoms with van der Waals surface area (Å²) in [6.07, 6.45) is 3.55. The smallest absolute Gasteiger partial charge is 0.308 e. The predicted octanol–water partition coefficient (Wildman–Crippen LogP) is 1.74. The number of likely N-dealkylation sites (tertiary alicyclic amines) is 1. The van der Waals surface area contributed by atoms with Gasteiger partial charge in [-0.15, -0.1) is 0 Å². The van der Waals surface area contributed by atoms with E-state index in [-0.39, 0.29) is 31.2 Å². The molecule has 1 fully saturated rings. The molecule has 0 spiro atoms. The largest absolute Gasteiger partial charge is 0.481 e. The van der Waals surface area contributed by atoms with E-state index in [1.54, 1.807) is 4.90 Å². The number of carboxylic acid groups (broad SMARTS) is 1. The van der Waals surface area contributed by atoms with Crippen molar-refractivity contribution in [2.45, 2.75) is 52.4 Å². The number of rotatable bonds is 8. The van der Waals surface area contributed by atoms with Gasteiger partial charge in [-0.05, 0) is 25.7 Å². The van der Waals surface area contributed by atoms with Crippen LogP contribution >= 0.6 is 0 Å². The highest BCUT2D eigenvalue weighted by atomic mass is 16.4. The number of hydrogen-bond acceptors (Lipinski definition) is 3. The zero-order valence-electron chi connectivity index (χ0n) is 13.7. The molecular formula is C16H28N2O4. The molecule has 1 unspecified atom stereocenters. The summed E-state index contributed by atoms with van der Waals surface area (Å²) in [5.41, 5.74) is 0. The maximum absolute atomic E-state index is 12.2. The molecule has 6 nitrogen and oxygen atoms in total. The topological polar surface area (TPSA) is 77.9 Å². The van der Waals surface area contributed by atoms with Crippen molar-refractivity contribution in [1.82, 2.24) is 9.80 Å². The third-order valence-corrected chi connectivity index (χ3v) is 4.02. The van der Waals surface area contributed by atoms with Crippen LogP contribution in [0.2, 0.25) is 0 Å². The number of piperidine rings is 1. The Hall–Kier alpha value is -1.59. The molecule has 0 aromatic rings. The Morgan fingerprint density at radius 3 is 2.32 bits per heavy atom. The van der Waals surface area contributed by atoms with E-state index >= 15 is 0 Å². The Labute approximate surface area is 132 Å². The van der Waals surface area contributed by atoms with E-state index in [0.717, 1.165) is 25.9 Å². The summed E-state index contributed by atoms with van der Waals surface area (Å²) in [6.45, 7) is 6.39. The van der Waals surface area contributed by atoms with Crippen molar-refractivity contribution < 1.29 is 19.5 Å². The molecule has 0 saturated carbocycles. The minimum Gasteiger partial charge on any atom is -0.481 e. The zero-order chi connectivity index (χ0) is 16.5. The van der Waals surface area contributed by atoms with Crippen LogP contribution in [0.25, 0.3) is 0 Å². The molecule has 0 aliphatic carbocycles. The van der Waals surface area contributed by atoms with Crippen LogP contribution in [-0.4, -0.2) is 58.9 Å². The molecule has 1 rings (SSSR count). The van der Waals surface area contributed by atoms with E-state index in [4.69, 9.17) is 5.11 Å². The molecule has 0 bridgehead atoms. The molecule has 6 heteroatoms. The number of nitrogens with zero attached hydrogens (tertiary/aromatic N) is 2. The van der Waals surface area contributed by atoms with Crippen LogP contribution in [0, 0.1) is 5.92 Å². The summed E-state index contributed by atoms with van der Waals surface area (Å²) in [6, 6.07) is 0. The third kappa shape index (κ3) is 5.66. The minimum atomic E-state index is -0.842. The van der Waals surface area contributed by atoms with E-state index in [9.17, 15) is 14.4 Å². The minimum absolute atomic E-state index is 0.0174. The highest BCUT2D eigenvalue weighted by Gasteiger charge is 2.28. The van der Waals surface area contributed by atoms with Gasteiger partial charge in [-0.25, -0.2) is 0 Å². The fourth-order valence-electron chi connectivity index (χ4n) is 2.84. The van der Waals surface area contributed by atoms with Crippen molar-refractivity contribution >= 4 is 17.8 Å². The van der Waals surface area contributed by atoms with Crippen LogP contribution < -0.4 is 0 Å². The lowest BCUT2D eigenvalue weighted by Gasteiger charge is -2.31. The first-order valence-corrected chi connectivity index (χ1v) is 8.27. The molecule has 2 amide bonds. The first-order chi connectivity index (χ1) is 10.5. The normalized spacial score (nSPS) is 18.1. The Morgan fingerprint density at radius 1 is 1.14 bits per heavy atom. The molecule has 0 aromatic heterocycles. The van der Waals surface area contributed by atoms with Gasteiger partial charge in [0, 0.05) is 39.0 Å². The van der Waals surface area contributed by atoms with Crippen LogP contribution in [0.5, 0.6) is 0 Å². The molecular weight excluding hydrogens is 284 g/mol. The molecule has 22 heavy (non-hydrogen) atoms. The van der Waals surface area contributed by atoms with Crippen molar-refractivity contribution in [3.8, 4) is 0 Å². The van der Waals surface area contributed by atoms with E-state index in [2.05, 4.69) is 0 Å². The average molecular weight is 312 g/mol. The lowest BCUT2D eigenvalue weighted by molar-refractivity contribution is -0.146. The zero-order valence-corrected chi connectivity index (χ0v) is 13.7. The van der Waals surface area contributed by atoms with Crippen LogP contribution in [0.1, 0.15) is 52.4 Å². The summed E-state index contributed by atoms with van der Waals surface area (Å²) >= 11 is 0. The Bertz CT molecular complexity index is 392. The number of carboxylic acids is 1. The number of aliphatic carboxylic acids is 1. The highest BCUT2D eigenvalue weighted by molar-refractivity contribution is 5.84. The molecule has 1 atom stereocenters. The maximum atomic E-state index is 12.2. The van der Waals surface area contributed by atoms with Gasteiger partial charge in [-0.2, -0.15) is 0 Å². The molecule has 126 valence electrons. The quantitative estimate of drug-likeness (QED) is 0.740. The van der Waals surface area contributed by atoms with Gasteiger partial charge in [-0.3, -0.25) is 14.4 Å². The van der Waals surface area contributed by atoms with Gasteiger partial charge < -0.3 is 14.9 Å². The standard InChI is InChI=1S/C16H28N2O4/c1-3-9-17(10-4-2)14(19)7-8-15(20)18-11-5-6-13(12-18)16(21)22/h13H,3-12H2,1-2H3,(H,21,22). The monoisotopic (exact) mass is 312 g/mol. The summed E-state index contributed by atoms with van der Waals surface area (Å²) < 4.78 is 0. The Balaban J connectivity index is 2.44. The van der Waals surface area contributed by atoms with E-state index in [1.165, 1.54) is 0 Å². The molecule has 1 saturated heterocycles. The fraction of sp³-hybridized carbons (Fsp3) is 0.812. The summed E-state index contributed by atoms with van der Waals surface area (Å²) in [7, 11) is 0. The van der Waals surface area contributed by atoms with E-state index < -0.39 is 11.9 Å². The summed E-state index contributed by atoms with van der Waals surface area (Å²) in [5.74, 6) is -1.40. The van der Waals surface area contributed by atoms with Crippen molar-refractivity contribution in [2.24, 2.45) is 5.92 Å². The van der Waals surface area contributed by atoms with Gasteiger partial charge in [0.1, 0.15) is 0 Å². The van der Waals surface area contributed by atoms with Crippen LogP contribution in [0.15, 0.2) is 0 Å². The van der Waals surface area contributed by atoms with Crippen LogP contribution in [0.4, 0.5) is 0 Å². The Morgan fingerprint density at radius 2 is 1.77 bits per heavy atom. The second kappa shape index (κ2) is 9.43. The molecule has 1 heterocycles. The highest BCUT2D eigenvalue weighted by Crippen LogP contribution is 2.17. The van der Waals surface area contributed by atoms with E-state index in [1.807, 2.05) is 18.7 Å². The molecule has 1 aliphatic rings. The first-order valence-electron chi connectivity index (χ1n) is 8.27. The van der Waals surface area contributed by atoms with Crippen LogP contribution in [0.3, 0.4) is 0 Å². The van der Waals surface area contributed by atoms with Gasteiger partial charge in [0.15, 0.2) is 0 Å². The van der Waals surface area contributed by atoms with E-state index in [0.29, 0.717) is 19.4 Å². The molecule has 0 aromatic carbocycles. The van der Waals surface area contributed by atoms with Gasteiger partial charge in [0.25, 0.3) is 0 Å². The second-order valence-electron chi connectivity index (χ2n) is 5.90. The first kappa shape index (κ1) is 18.5. The van der Waals surface area contributed by atoms with Crippen molar-refractivity contribution in [3.63, 3.8) is 0 Å². The van der Waals surface area contributed by atoms with Gasteiger partial charge in [0.05, 0.1) is 5.92 Å². The van der Waals surface area contributed by atoms with Gasteiger partial charge in [0.2, 0.25) is 11.8 Å². The lowest BCUT2D eigenvalue weighted by Crippen LogP contribution is -2.42. The van der Waals surface area contributed by atoms with Crippen molar-refractivity contribution in [2.75, 3.05) is 26.2 Å². The summed E-state index contributed by atoms with van der Waals surface area (Å²) in [4.78, 5) is 38.7. The van der Waals surface area contributed by atoms with Crippen molar-refractivity contribution in [3.05, 3.63) is 0 Å². The summed E-state index contributed by atoms with van der Waals surface area (Å²) in [5, 5.41) is 9.05. The number of carbonyl (C=O) groups excluding carboxylic acids is 2. The predicted molar refractivity (Wildman–Crippen MR) is 83.3 cm³/mol. The van der Waals surface area contributed by atoms with Gasteiger partial charge in [-0.1, -0.05) is 13.8 Å². The van der Waals surface area contributed by atoms with Gasteiger partial charge >= 0.3 is 5.97 Å². The molecule has 1 N–H and O–H groups in total. The fourth-order valence-corrected chi connectivity index (χ4v) is 2.84. The SMILES string of the molecule is CCCN(CCC)C(=O)CCC(=O)N1CCCC(C(=O)O)C1. The third-order valence-electron chi connectivity index (χ3n) is 4.02. The maximum Gasteiger partial charge on any atom is 0.308 e. The molecule has 1 aliphatic heterocycles. The number of amides is 2. The second-order valence-corrected chi connectivity index (χ2v) is 5.90. The van der Waals surface area contributed by atoms with Crippen LogP contribution in [-0.2, 0) is 14.4 Å². The molecule has 0 radical (unpaired) electrons. The average Bonchev–Trinajstić information content (AvgIpc) is 2.52. The van der Waals surface area contributed by atoms with Crippen molar-refractivity contribution in [1.29, 1.82) is 0 Å². The Kier molecular flexibility index (Phi) is 7.91. The number of carbonyl (C=O) groups is 3. The number of hydrogen-bond donors (Lipinski definition) is 1. The lowest BCUT2D eigenvalue weighted by atomic mass is 9.98.